The second-order valence-electron chi connectivity index (χ2n) is 7.95. The molecule has 0 fully saturated rings. The van der Waals surface area contributed by atoms with E-state index in [1.807, 2.05) is 42.2 Å². The quantitative estimate of drug-likeness (QED) is 0.525. The Labute approximate surface area is 190 Å². The molecule has 32 heavy (non-hydrogen) atoms. The van der Waals surface area contributed by atoms with E-state index in [2.05, 4.69) is 19.6 Å². The summed E-state index contributed by atoms with van der Waals surface area (Å²) < 4.78 is 17.5. The molecule has 0 bridgehead atoms. The number of phenolic OH excluding ortho intramolecular Hbond substituents is 1. The largest absolute Gasteiger partial charge is 0.504 e. The van der Waals surface area contributed by atoms with E-state index >= 15 is 0 Å². The molecule has 0 saturated carbocycles. The SMILES string of the molecule is C=CCN(CCO)Cc1cc([C@@H]2Oc3c(OC)cc(/C=C/C)cc3[C@H]2C)cc(OC)c1O. The maximum Gasteiger partial charge on any atom is 0.165 e. The van der Waals surface area contributed by atoms with Crippen molar-refractivity contribution in [2.24, 2.45) is 0 Å². The number of hydrogen-bond donors (Lipinski definition) is 2. The third-order valence-electron chi connectivity index (χ3n) is 5.80. The number of rotatable bonds is 10. The summed E-state index contributed by atoms with van der Waals surface area (Å²) in [4.78, 5) is 2.01. The van der Waals surface area contributed by atoms with Gasteiger partial charge in [-0.25, -0.2) is 0 Å². The summed E-state index contributed by atoms with van der Waals surface area (Å²) in [5.41, 5.74) is 3.77. The Morgan fingerprint density at radius 2 is 1.91 bits per heavy atom. The molecule has 0 aromatic heterocycles. The van der Waals surface area contributed by atoms with Gasteiger partial charge in [-0.15, -0.1) is 6.58 Å². The van der Waals surface area contributed by atoms with E-state index in [4.69, 9.17) is 14.2 Å². The average molecular weight is 440 g/mol. The molecule has 1 aliphatic heterocycles. The summed E-state index contributed by atoms with van der Waals surface area (Å²) in [7, 11) is 3.19. The minimum absolute atomic E-state index is 0.0256. The van der Waals surface area contributed by atoms with Crippen LogP contribution in [0.1, 0.15) is 48.1 Å². The first-order valence-corrected chi connectivity index (χ1v) is 10.8. The van der Waals surface area contributed by atoms with Gasteiger partial charge in [-0.05, 0) is 42.3 Å². The van der Waals surface area contributed by atoms with E-state index in [1.165, 1.54) is 7.11 Å². The van der Waals surface area contributed by atoms with Crippen molar-refractivity contribution in [1.29, 1.82) is 0 Å². The van der Waals surface area contributed by atoms with E-state index in [0.717, 1.165) is 22.4 Å². The summed E-state index contributed by atoms with van der Waals surface area (Å²) in [6, 6.07) is 7.89. The monoisotopic (exact) mass is 439 g/mol. The second kappa shape index (κ2) is 10.6. The number of methoxy groups -OCH3 is 2. The van der Waals surface area contributed by atoms with Gasteiger partial charge in [0.2, 0.25) is 0 Å². The minimum Gasteiger partial charge on any atom is -0.504 e. The number of aromatic hydroxyl groups is 1. The molecule has 0 radical (unpaired) electrons. The van der Waals surface area contributed by atoms with E-state index in [0.29, 0.717) is 36.7 Å². The third kappa shape index (κ3) is 4.76. The molecule has 2 N–H and O–H groups in total. The molecule has 172 valence electrons. The molecular formula is C26H33NO5. The zero-order valence-electron chi connectivity index (χ0n) is 19.3. The Morgan fingerprint density at radius 3 is 2.53 bits per heavy atom. The van der Waals surface area contributed by atoms with Crippen LogP contribution in [0.4, 0.5) is 0 Å². The average Bonchev–Trinajstić information content (AvgIpc) is 3.11. The number of allylic oxidation sites excluding steroid dienone is 1. The first-order chi connectivity index (χ1) is 15.5. The van der Waals surface area contributed by atoms with Crippen molar-refractivity contribution >= 4 is 6.08 Å². The van der Waals surface area contributed by atoms with E-state index < -0.39 is 0 Å². The molecule has 1 heterocycles. The van der Waals surface area contributed by atoms with Crippen molar-refractivity contribution in [3.05, 3.63) is 65.3 Å². The number of ether oxygens (including phenoxy) is 3. The van der Waals surface area contributed by atoms with Crippen molar-refractivity contribution in [3.8, 4) is 23.0 Å². The van der Waals surface area contributed by atoms with Gasteiger partial charge in [-0.1, -0.05) is 25.2 Å². The maximum absolute atomic E-state index is 10.8. The van der Waals surface area contributed by atoms with Crippen LogP contribution in [0.15, 0.2) is 43.0 Å². The topological polar surface area (TPSA) is 71.4 Å². The van der Waals surface area contributed by atoms with Crippen LogP contribution in [-0.2, 0) is 6.54 Å². The number of nitrogens with zero attached hydrogens (tertiary/aromatic N) is 1. The zero-order chi connectivity index (χ0) is 23.3. The zero-order valence-corrected chi connectivity index (χ0v) is 19.3. The fraction of sp³-hybridized carbons (Fsp3) is 0.385. The lowest BCUT2D eigenvalue weighted by Gasteiger charge is -2.23. The number of hydrogen-bond acceptors (Lipinski definition) is 6. The molecule has 0 unspecified atom stereocenters. The standard InChI is InChI=1S/C26H33NO5/c1-6-8-18-12-21-17(3)25(32-26(21)23(13-18)31-5)19-14-20(24(29)22(15-19)30-4)16-27(9-7-2)10-11-28/h6-8,12-15,17,25,28-29H,2,9-11,16H2,1,3-5H3/b8-6+/t17-,25-/m1/s1. The van der Waals surface area contributed by atoms with Gasteiger partial charge in [0.05, 0.1) is 20.8 Å². The highest BCUT2D eigenvalue weighted by Gasteiger charge is 2.36. The summed E-state index contributed by atoms with van der Waals surface area (Å²) in [6.07, 6.45) is 5.57. The highest BCUT2D eigenvalue weighted by Crippen LogP contribution is 2.51. The summed E-state index contributed by atoms with van der Waals surface area (Å²) in [6.45, 7) is 9.45. The van der Waals surface area contributed by atoms with Crippen LogP contribution in [-0.4, -0.2) is 49.0 Å². The first-order valence-electron chi connectivity index (χ1n) is 10.8. The van der Waals surface area contributed by atoms with Crippen LogP contribution in [0.5, 0.6) is 23.0 Å². The first kappa shape index (κ1) is 23.7. The lowest BCUT2D eigenvalue weighted by Crippen LogP contribution is -2.26. The molecule has 1 aliphatic rings. The van der Waals surface area contributed by atoms with Gasteiger partial charge in [0.1, 0.15) is 6.10 Å². The third-order valence-corrected chi connectivity index (χ3v) is 5.80. The Hall–Kier alpha value is -2.96. The summed E-state index contributed by atoms with van der Waals surface area (Å²) in [5, 5.41) is 20.1. The minimum atomic E-state index is -0.251. The fourth-order valence-electron chi connectivity index (χ4n) is 4.23. The molecule has 2 atom stereocenters. The fourth-order valence-corrected chi connectivity index (χ4v) is 4.23. The lowest BCUT2D eigenvalue weighted by molar-refractivity contribution is 0.199. The van der Waals surface area contributed by atoms with Crippen molar-refractivity contribution in [3.63, 3.8) is 0 Å². The van der Waals surface area contributed by atoms with Crippen LogP contribution in [0.25, 0.3) is 6.08 Å². The van der Waals surface area contributed by atoms with Crippen LogP contribution in [0.3, 0.4) is 0 Å². The molecule has 6 heteroatoms. The van der Waals surface area contributed by atoms with Crippen LogP contribution in [0.2, 0.25) is 0 Å². The van der Waals surface area contributed by atoms with E-state index in [-0.39, 0.29) is 24.4 Å². The summed E-state index contributed by atoms with van der Waals surface area (Å²) in [5.74, 6) is 2.03. The molecule has 2 aromatic carbocycles. The molecule has 0 aliphatic carbocycles. The van der Waals surface area contributed by atoms with Crippen LogP contribution < -0.4 is 14.2 Å². The predicted molar refractivity (Wildman–Crippen MR) is 127 cm³/mol. The highest BCUT2D eigenvalue weighted by molar-refractivity contribution is 5.62. The Balaban J connectivity index is 2.00. The van der Waals surface area contributed by atoms with Crippen LogP contribution >= 0.6 is 0 Å². The van der Waals surface area contributed by atoms with Gasteiger partial charge in [0.15, 0.2) is 23.0 Å². The number of phenols is 1. The molecule has 6 nitrogen and oxygen atoms in total. The molecule has 2 aromatic rings. The Morgan fingerprint density at radius 1 is 1.16 bits per heavy atom. The smallest absolute Gasteiger partial charge is 0.165 e. The summed E-state index contributed by atoms with van der Waals surface area (Å²) >= 11 is 0. The van der Waals surface area contributed by atoms with Crippen molar-refractivity contribution < 1.29 is 24.4 Å². The molecule has 0 saturated heterocycles. The van der Waals surface area contributed by atoms with Gasteiger partial charge in [0.25, 0.3) is 0 Å². The normalized spacial score (nSPS) is 17.4. The number of aliphatic hydroxyl groups is 1. The van der Waals surface area contributed by atoms with Gasteiger partial charge >= 0.3 is 0 Å². The lowest BCUT2D eigenvalue weighted by atomic mass is 9.90. The molecule has 0 amide bonds. The molecule has 0 spiro atoms. The Bertz CT molecular complexity index is 985. The highest BCUT2D eigenvalue weighted by atomic mass is 16.5. The van der Waals surface area contributed by atoms with Gasteiger partial charge in [0, 0.05) is 36.7 Å². The number of benzene rings is 2. The van der Waals surface area contributed by atoms with Crippen LogP contribution in [0, 0.1) is 0 Å². The van der Waals surface area contributed by atoms with Gasteiger partial charge in [-0.3, -0.25) is 4.90 Å². The van der Waals surface area contributed by atoms with Crippen molar-refractivity contribution in [2.75, 3.05) is 33.9 Å². The van der Waals surface area contributed by atoms with E-state index in [1.54, 1.807) is 13.2 Å². The molecular weight excluding hydrogens is 406 g/mol. The second-order valence-corrected chi connectivity index (χ2v) is 7.95. The maximum atomic E-state index is 10.8. The number of aliphatic hydroxyl groups excluding tert-OH is 1. The van der Waals surface area contributed by atoms with Gasteiger partial charge in [-0.2, -0.15) is 0 Å². The van der Waals surface area contributed by atoms with Crippen molar-refractivity contribution in [2.45, 2.75) is 32.4 Å². The van der Waals surface area contributed by atoms with E-state index in [9.17, 15) is 10.2 Å². The van der Waals surface area contributed by atoms with Crippen molar-refractivity contribution in [1.82, 2.24) is 4.90 Å². The van der Waals surface area contributed by atoms with Gasteiger partial charge < -0.3 is 24.4 Å². The molecule has 3 rings (SSSR count). The predicted octanol–water partition coefficient (Wildman–Crippen LogP) is 4.66. The number of fused-ring (bicyclic) bond motifs is 1. The Kier molecular flexibility index (Phi) is 7.83.